The molecule has 2 fully saturated rings. The van der Waals surface area contributed by atoms with Crippen molar-refractivity contribution in [2.75, 3.05) is 31.5 Å². The SMILES string of the molecule is CC1=C(CN2CC(c3cccnc3)C2)CCC(CNc2cccc3c2C(O)N(C2CCC(O)NC2O)C3=O)=C1. The molecule has 3 aliphatic heterocycles. The number of carbonyl (C=O) groups is 1. The van der Waals surface area contributed by atoms with Crippen LogP contribution in [0, 0.1) is 0 Å². The van der Waals surface area contributed by atoms with Gasteiger partial charge in [-0.25, -0.2) is 0 Å². The first-order chi connectivity index (χ1) is 18.9. The van der Waals surface area contributed by atoms with E-state index in [4.69, 9.17) is 0 Å². The van der Waals surface area contributed by atoms with Crippen LogP contribution in [-0.2, 0) is 0 Å². The summed E-state index contributed by atoms with van der Waals surface area (Å²) < 4.78 is 0. The summed E-state index contributed by atoms with van der Waals surface area (Å²) in [6.07, 6.45) is 5.80. The number of allylic oxidation sites excluding steroid dienone is 2. The fraction of sp³-hybridized carbons (Fsp3) is 0.467. The molecule has 6 rings (SSSR count). The monoisotopic (exact) mass is 531 g/mol. The smallest absolute Gasteiger partial charge is 0.257 e. The quantitative estimate of drug-likeness (QED) is 0.370. The highest BCUT2D eigenvalue weighted by molar-refractivity contribution is 6.01. The van der Waals surface area contributed by atoms with E-state index in [0.717, 1.165) is 38.2 Å². The van der Waals surface area contributed by atoms with Gasteiger partial charge in [-0.15, -0.1) is 0 Å². The van der Waals surface area contributed by atoms with Gasteiger partial charge in [0.05, 0.1) is 6.04 Å². The Hall–Kier alpha value is -3.08. The summed E-state index contributed by atoms with van der Waals surface area (Å²) in [6, 6.07) is 8.98. The number of benzene rings is 1. The zero-order valence-electron chi connectivity index (χ0n) is 22.3. The van der Waals surface area contributed by atoms with Crippen molar-refractivity contribution >= 4 is 11.6 Å². The minimum absolute atomic E-state index is 0.305. The van der Waals surface area contributed by atoms with Crippen LogP contribution in [0.3, 0.4) is 0 Å². The van der Waals surface area contributed by atoms with Crippen LogP contribution in [0.25, 0.3) is 0 Å². The number of hydrogen-bond acceptors (Lipinski definition) is 8. The van der Waals surface area contributed by atoms with Crippen LogP contribution >= 0.6 is 0 Å². The van der Waals surface area contributed by atoms with Gasteiger partial charge in [0.15, 0.2) is 6.23 Å². The molecule has 1 aliphatic carbocycles. The molecule has 5 N–H and O–H groups in total. The molecular weight excluding hydrogens is 494 g/mol. The van der Waals surface area contributed by atoms with Gasteiger partial charge in [0.2, 0.25) is 0 Å². The van der Waals surface area contributed by atoms with Crippen molar-refractivity contribution in [1.29, 1.82) is 0 Å². The number of aromatic nitrogens is 1. The third-order valence-corrected chi connectivity index (χ3v) is 8.67. The average Bonchev–Trinajstić information content (AvgIpc) is 3.16. The number of nitrogens with zero attached hydrogens (tertiary/aromatic N) is 3. The molecule has 4 heterocycles. The molecule has 1 aromatic carbocycles. The molecule has 206 valence electrons. The molecule has 4 atom stereocenters. The molecule has 9 nitrogen and oxygen atoms in total. The van der Waals surface area contributed by atoms with Crippen LogP contribution in [0.15, 0.2) is 65.5 Å². The molecule has 0 radical (unpaired) electrons. The second kappa shape index (κ2) is 10.8. The van der Waals surface area contributed by atoms with E-state index in [0.29, 0.717) is 36.4 Å². The number of aliphatic hydroxyl groups excluding tert-OH is 3. The standard InChI is InChI=1S/C30H37N5O4/c1-18-12-19(7-8-21(18)15-34-16-22(17-34)20-4-3-11-31-14-20)13-32-24-6-2-5-23-27(24)30(39)35(29(23)38)25-9-10-26(36)33-28(25)37/h2-6,11-12,14,22,25-26,28,30,32-33,36-37,39H,7-10,13,15-17H2,1H3. The number of carbonyl (C=O) groups excluding carboxylic acids is 1. The zero-order valence-corrected chi connectivity index (χ0v) is 22.3. The summed E-state index contributed by atoms with van der Waals surface area (Å²) in [7, 11) is 0. The first-order valence-corrected chi connectivity index (χ1v) is 13.9. The molecule has 1 amide bonds. The van der Waals surface area contributed by atoms with Gasteiger partial charge in [-0.1, -0.05) is 34.9 Å². The number of piperidine rings is 1. The van der Waals surface area contributed by atoms with Crippen molar-refractivity contribution < 1.29 is 20.1 Å². The minimum atomic E-state index is -1.16. The Morgan fingerprint density at radius 3 is 2.69 bits per heavy atom. The van der Waals surface area contributed by atoms with Gasteiger partial charge < -0.3 is 25.5 Å². The molecule has 2 saturated heterocycles. The minimum Gasteiger partial charge on any atom is -0.381 e. The van der Waals surface area contributed by atoms with E-state index in [1.54, 1.807) is 6.07 Å². The molecule has 0 spiro atoms. The average molecular weight is 532 g/mol. The lowest BCUT2D eigenvalue weighted by Gasteiger charge is -2.40. The Kier molecular flexibility index (Phi) is 7.26. The number of pyridine rings is 1. The number of amides is 1. The molecule has 0 bridgehead atoms. The van der Waals surface area contributed by atoms with Crippen molar-refractivity contribution in [2.45, 2.75) is 63.3 Å². The summed E-state index contributed by atoms with van der Waals surface area (Å²) in [5.74, 6) is 0.272. The van der Waals surface area contributed by atoms with Gasteiger partial charge in [-0.3, -0.25) is 20.0 Å². The molecule has 4 unspecified atom stereocenters. The van der Waals surface area contributed by atoms with Crippen LogP contribution in [0.1, 0.15) is 66.2 Å². The van der Waals surface area contributed by atoms with Crippen molar-refractivity contribution in [2.24, 2.45) is 0 Å². The highest BCUT2D eigenvalue weighted by Gasteiger charge is 2.45. The summed E-state index contributed by atoms with van der Waals surface area (Å²) in [5, 5.41) is 37.5. The number of likely N-dealkylation sites (tertiary alicyclic amines) is 1. The van der Waals surface area contributed by atoms with E-state index in [9.17, 15) is 20.1 Å². The Morgan fingerprint density at radius 1 is 1.10 bits per heavy atom. The molecule has 9 heteroatoms. The van der Waals surface area contributed by atoms with E-state index >= 15 is 0 Å². The maximum atomic E-state index is 13.2. The maximum Gasteiger partial charge on any atom is 0.257 e. The van der Waals surface area contributed by atoms with E-state index < -0.39 is 24.7 Å². The number of aliphatic hydroxyl groups is 3. The normalized spacial score (nSPS) is 27.8. The Bertz CT molecular complexity index is 1290. The van der Waals surface area contributed by atoms with Gasteiger partial charge in [-0.2, -0.15) is 0 Å². The lowest BCUT2D eigenvalue weighted by Crippen LogP contribution is -2.57. The number of rotatable bonds is 7. The molecule has 2 aromatic rings. The fourth-order valence-electron chi connectivity index (χ4n) is 6.41. The van der Waals surface area contributed by atoms with Gasteiger partial charge >= 0.3 is 0 Å². The number of hydrogen-bond donors (Lipinski definition) is 5. The van der Waals surface area contributed by atoms with E-state index in [-0.39, 0.29) is 5.91 Å². The molecular formula is C30H37N5O4. The molecule has 0 saturated carbocycles. The van der Waals surface area contributed by atoms with E-state index in [2.05, 4.69) is 39.6 Å². The van der Waals surface area contributed by atoms with Crippen molar-refractivity contribution in [3.8, 4) is 0 Å². The molecule has 39 heavy (non-hydrogen) atoms. The number of anilines is 1. The first kappa shape index (κ1) is 26.2. The maximum absolute atomic E-state index is 13.2. The lowest BCUT2D eigenvalue weighted by molar-refractivity contribution is -0.0858. The summed E-state index contributed by atoms with van der Waals surface area (Å²) in [6.45, 7) is 5.98. The zero-order chi connectivity index (χ0) is 27.1. The van der Waals surface area contributed by atoms with Crippen LogP contribution in [0.4, 0.5) is 5.69 Å². The van der Waals surface area contributed by atoms with Gasteiger partial charge in [-0.05, 0) is 56.4 Å². The number of nitrogens with one attached hydrogen (secondary N) is 2. The Labute approximate surface area is 228 Å². The van der Waals surface area contributed by atoms with Gasteiger partial charge in [0.1, 0.15) is 12.5 Å². The predicted octanol–water partition coefficient (Wildman–Crippen LogP) is 2.47. The first-order valence-electron chi connectivity index (χ1n) is 13.9. The summed E-state index contributed by atoms with van der Waals surface area (Å²) in [5.41, 5.74) is 7.15. The lowest BCUT2D eigenvalue weighted by atomic mass is 9.89. The van der Waals surface area contributed by atoms with E-state index in [1.165, 1.54) is 27.2 Å². The number of fused-ring (bicyclic) bond motifs is 1. The topological polar surface area (TPSA) is 121 Å². The van der Waals surface area contributed by atoms with Crippen LogP contribution < -0.4 is 10.6 Å². The largest absolute Gasteiger partial charge is 0.381 e. The van der Waals surface area contributed by atoms with Crippen molar-refractivity contribution in [1.82, 2.24) is 20.1 Å². The van der Waals surface area contributed by atoms with Crippen LogP contribution in [0.2, 0.25) is 0 Å². The van der Waals surface area contributed by atoms with Crippen molar-refractivity contribution in [3.05, 3.63) is 82.2 Å². The third-order valence-electron chi connectivity index (χ3n) is 8.67. The highest BCUT2D eigenvalue weighted by Crippen LogP contribution is 2.40. The van der Waals surface area contributed by atoms with Crippen LogP contribution in [0.5, 0.6) is 0 Å². The Morgan fingerprint density at radius 2 is 1.95 bits per heavy atom. The second-order valence-corrected chi connectivity index (χ2v) is 11.2. The molecule has 1 aromatic heterocycles. The predicted molar refractivity (Wildman–Crippen MR) is 148 cm³/mol. The molecule has 4 aliphatic rings. The fourth-order valence-corrected chi connectivity index (χ4v) is 6.41. The highest BCUT2D eigenvalue weighted by atomic mass is 16.3. The summed E-state index contributed by atoms with van der Waals surface area (Å²) >= 11 is 0. The summed E-state index contributed by atoms with van der Waals surface area (Å²) in [4.78, 5) is 21.3. The van der Waals surface area contributed by atoms with Crippen LogP contribution in [-0.4, -0.2) is 80.7 Å². The van der Waals surface area contributed by atoms with Gasteiger partial charge in [0, 0.05) is 61.3 Å². The Balaban J connectivity index is 1.08. The van der Waals surface area contributed by atoms with Crippen molar-refractivity contribution in [3.63, 3.8) is 0 Å². The van der Waals surface area contributed by atoms with Gasteiger partial charge in [0.25, 0.3) is 5.91 Å². The second-order valence-electron chi connectivity index (χ2n) is 11.2. The van der Waals surface area contributed by atoms with E-state index in [1.807, 2.05) is 30.6 Å². The third kappa shape index (κ3) is 5.13.